The lowest BCUT2D eigenvalue weighted by atomic mass is 10.4. The van der Waals surface area contributed by atoms with E-state index in [1.165, 1.54) is 0 Å². The molecule has 2 heteroatoms. The Morgan fingerprint density at radius 3 is 3.30 bits per heavy atom. The van der Waals surface area contributed by atoms with Gasteiger partial charge in [0.15, 0.2) is 5.65 Å². The van der Waals surface area contributed by atoms with Crippen LogP contribution in [0.4, 0.5) is 0 Å². The highest BCUT2D eigenvalue weighted by Gasteiger charge is 1.92. The summed E-state index contributed by atoms with van der Waals surface area (Å²) >= 11 is 0. The van der Waals surface area contributed by atoms with E-state index >= 15 is 0 Å². The van der Waals surface area contributed by atoms with Gasteiger partial charge < -0.3 is 0 Å². The molecule has 0 fully saturated rings. The Bertz CT molecular complexity index is 349. The normalized spacial score (nSPS) is 9.70. The van der Waals surface area contributed by atoms with E-state index in [9.17, 15) is 0 Å². The molecule has 0 unspecified atom stereocenters. The monoisotopic (exact) mass is 130 g/mol. The van der Waals surface area contributed by atoms with Crippen LogP contribution in [0.2, 0.25) is 0 Å². The van der Waals surface area contributed by atoms with Crippen LogP contribution in [0.1, 0.15) is 0 Å². The van der Waals surface area contributed by atoms with Crippen LogP contribution >= 0.6 is 0 Å². The molecular formula is C8H6N2. The van der Waals surface area contributed by atoms with Crippen molar-refractivity contribution in [1.29, 1.82) is 0 Å². The molecule has 0 aliphatic heterocycles. The van der Waals surface area contributed by atoms with E-state index in [0.717, 1.165) is 11.0 Å². The Balaban J connectivity index is 2.93. The van der Waals surface area contributed by atoms with Crippen LogP contribution in [-0.2, 0) is 7.05 Å². The first-order valence-corrected chi connectivity index (χ1v) is 3.08. The summed E-state index contributed by atoms with van der Waals surface area (Å²) in [5, 5.41) is 1.02. The van der Waals surface area contributed by atoms with Gasteiger partial charge in [0.05, 0.1) is 5.39 Å². The van der Waals surface area contributed by atoms with Crippen molar-refractivity contribution in [2.24, 2.45) is 7.05 Å². The van der Waals surface area contributed by atoms with E-state index in [2.05, 4.69) is 17.2 Å². The summed E-state index contributed by atoms with van der Waals surface area (Å²) in [7, 11) is 1.91. The standard InChI is InChI=1S/C8H6N2/c1-10-6-4-7-3-2-5-9-8(7)10/h2-3,5H,1H3. The summed E-state index contributed by atoms with van der Waals surface area (Å²) in [5.41, 5.74) is 0.933. The van der Waals surface area contributed by atoms with Crippen molar-refractivity contribution in [1.82, 2.24) is 9.55 Å². The molecule has 0 atom stereocenters. The lowest BCUT2D eigenvalue weighted by Gasteiger charge is -1.89. The maximum atomic E-state index is 4.14. The number of hydrogen-bond donors (Lipinski definition) is 0. The van der Waals surface area contributed by atoms with Gasteiger partial charge in [-0.25, -0.2) is 4.98 Å². The maximum absolute atomic E-state index is 4.14. The van der Waals surface area contributed by atoms with Crippen molar-refractivity contribution in [2.75, 3.05) is 0 Å². The van der Waals surface area contributed by atoms with Gasteiger partial charge in [-0.15, -0.1) is 0 Å². The van der Waals surface area contributed by atoms with Gasteiger partial charge in [-0.3, -0.25) is 4.57 Å². The van der Waals surface area contributed by atoms with Crippen LogP contribution in [0.15, 0.2) is 18.3 Å². The SMILES string of the molecule is Cn1c#cc2cccnc21. The molecule has 0 aliphatic carbocycles. The van der Waals surface area contributed by atoms with Gasteiger partial charge in [-0.05, 0) is 18.2 Å². The Labute approximate surface area is 59.1 Å². The molecule has 2 rings (SSSR count). The number of nitrogens with zero attached hydrogens (tertiary/aromatic N) is 2. The summed E-state index contributed by atoms with van der Waals surface area (Å²) in [4.78, 5) is 4.14. The molecule has 0 saturated carbocycles. The van der Waals surface area contributed by atoms with Gasteiger partial charge in [0, 0.05) is 19.4 Å². The fourth-order valence-electron chi connectivity index (χ4n) is 0.959. The molecular weight excluding hydrogens is 124 g/mol. The van der Waals surface area contributed by atoms with E-state index in [1.54, 1.807) is 6.20 Å². The fourth-order valence-corrected chi connectivity index (χ4v) is 0.959. The largest absolute Gasteiger partial charge is 0.287 e. The van der Waals surface area contributed by atoms with E-state index in [4.69, 9.17) is 0 Å². The number of aryl methyl sites for hydroxylation is 1. The average Bonchev–Trinajstić information content (AvgIpc) is 2.34. The fraction of sp³-hybridized carbons (Fsp3) is 0.125. The molecule has 2 heterocycles. The minimum absolute atomic E-state index is 0.933. The molecule has 0 radical (unpaired) electrons. The van der Waals surface area contributed by atoms with Gasteiger partial charge in [0.2, 0.25) is 0 Å². The zero-order valence-corrected chi connectivity index (χ0v) is 5.63. The number of rotatable bonds is 0. The van der Waals surface area contributed by atoms with Crippen LogP contribution in [0.5, 0.6) is 0 Å². The van der Waals surface area contributed by atoms with Crippen molar-refractivity contribution in [3.8, 4) is 0 Å². The predicted molar refractivity (Wildman–Crippen MR) is 38.4 cm³/mol. The highest BCUT2D eigenvalue weighted by Crippen LogP contribution is 2.04. The van der Waals surface area contributed by atoms with Gasteiger partial charge in [0.25, 0.3) is 0 Å². The van der Waals surface area contributed by atoms with Crippen molar-refractivity contribution < 1.29 is 0 Å². The molecule has 0 saturated heterocycles. The smallest absolute Gasteiger partial charge is 0.155 e. The third-order valence-electron chi connectivity index (χ3n) is 1.46. The lowest BCUT2D eigenvalue weighted by Crippen LogP contribution is -1.85. The van der Waals surface area contributed by atoms with E-state index in [1.807, 2.05) is 23.7 Å². The summed E-state index contributed by atoms with van der Waals surface area (Å²) in [6.07, 6.45) is 4.67. The molecule has 0 N–H and O–H groups in total. The molecule has 0 amide bonds. The molecule has 0 aliphatic rings. The van der Waals surface area contributed by atoms with Crippen molar-refractivity contribution >= 4 is 11.0 Å². The Hall–Kier alpha value is -1.49. The predicted octanol–water partition coefficient (Wildman–Crippen LogP) is 1.17. The lowest BCUT2D eigenvalue weighted by molar-refractivity contribution is 0.948. The van der Waals surface area contributed by atoms with Crippen molar-refractivity contribution in [3.63, 3.8) is 0 Å². The molecule has 2 nitrogen and oxygen atoms in total. The number of aromatic nitrogens is 2. The molecule has 0 spiro atoms. The Morgan fingerprint density at radius 1 is 1.60 bits per heavy atom. The van der Waals surface area contributed by atoms with Crippen molar-refractivity contribution in [3.05, 3.63) is 30.6 Å². The molecule has 2 aromatic rings. The first-order chi connectivity index (χ1) is 4.88. The molecule has 0 aromatic carbocycles. The summed E-state index contributed by atoms with van der Waals surface area (Å²) in [6.45, 7) is 0. The molecule has 2 aromatic heterocycles. The zero-order valence-electron chi connectivity index (χ0n) is 5.63. The summed E-state index contributed by atoms with van der Waals surface area (Å²) in [6, 6.07) is 6.83. The highest BCUT2D eigenvalue weighted by atomic mass is 15.0. The van der Waals surface area contributed by atoms with Crippen LogP contribution in [0.3, 0.4) is 0 Å². The number of hydrogen-bond acceptors (Lipinski definition) is 1. The maximum Gasteiger partial charge on any atom is 0.155 e. The minimum atomic E-state index is 0.933. The van der Waals surface area contributed by atoms with Gasteiger partial charge in [-0.1, -0.05) is 0 Å². The average molecular weight is 130 g/mol. The second-order valence-corrected chi connectivity index (χ2v) is 2.17. The molecule has 0 bridgehead atoms. The Morgan fingerprint density at radius 2 is 2.50 bits per heavy atom. The third-order valence-corrected chi connectivity index (χ3v) is 1.46. The quantitative estimate of drug-likeness (QED) is 0.523. The summed E-state index contributed by atoms with van der Waals surface area (Å²) < 4.78 is 1.83. The molecule has 10 heavy (non-hydrogen) atoms. The number of fused-ring (bicyclic) bond motifs is 1. The van der Waals surface area contributed by atoms with Gasteiger partial charge >= 0.3 is 0 Å². The topological polar surface area (TPSA) is 17.8 Å². The first-order valence-electron chi connectivity index (χ1n) is 3.08. The van der Waals surface area contributed by atoms with Crippen LogP contribution in [0.25, 0.3) is 11.0 Å². The summed E-state index contributed by atoms with van der Waals surface area (Å²) in [5.74, 6) is 0. The van der Waals surface area contributed by atoms with Crippen LogP contribution < -0.4 is 0 Å². The van der Waals surface area contributed by atoms with E-state index in [0.29, 0.717) is 0 Å². The second-order valence-electron chi connectivity index (χ2n) is 2.17. The first kappa shape index (κ1) is 5.31. The Kier molecular flexibility index (Phi) is 0.925. The van der Waals surface area contributed by atoms with E-state index in [-0.39, 0.29) is 0 Å². The zero-order chi connectivity index (χ0) is 6.97. The minimum Gasteiger partial charge on any atom is -0.287 e. The second kappa shape index (κ2) is 1.74. The number of pyridine rings is 1. The van der Waals surface area contributed by atoms with Crippen LogP contribution in [-0.4, -0.2) is 9.55 Å². The van der Waals surface area contributed by atoms with Crippen LogP contribution in [0, 0.1) is 12.3 Å². The van der Waals surface area contributed by atoms with Crippen molar-refractivity contribution in [2.45, 2.75) is 0 Å². The molecule has 48 valence electrons. The highest BCUT2D eigenvalue weighted by molar-refractivity contribution is 5.72. The third kappa shape index (κ3) is 0.577. The van der Waals surface area contributed by atoms with Gasteiger partial charge in [-0.2, -0.15) is 0 Å². The van der Waals surface area contributed by atoms with E-state index < -0.39 is 0 Å². The van der Waals surface area contributed by atoms with Gasteiger partial charge in [0.1, 0.15) is 0 Å².